The zero-order chi connectivity index (χ0) is 21.8. The van der Waals surface area contributed by atoms with Crippen LogP contribution in [0, 0.1) is 0 Å². The highest BCUT2D eigenvalue weighted by molar-refractivity contribution is 7.89. The number of sulfonamides is 1. The van der Waals surface area contributed by atoms with Gasteiger partial charge in [-0.25, -0.2) is 17.4 Å². The van der Waals surface area contributed by atoms with Gasteiger partial charge in [0.1, 0.15) is 22.5 Å². The number of rotatable bonds is 9. The molecule has 10 heteroatoms. The van der Waals surface area contributed by atoms with E-state index in [1.54, 1.807) is 42.9 Å². The van der Waals surface area contributed by atoms with Gasteiger partial charge in [0, 0.05) is 31.9 Å². The molecule has 1 aromatic heterocycles. The molecule has 160 valence electrons. The molecule has 0 fully saturated rings. The number of hydrogen-bond acceptors (Lipinski definition) is 6. The Morgan fingerprint density at radius 2 is 1.93 bits per heavy atom. The second-order valence-corrected chi connectivity index (χ2v) is 9.11. The number of hydrogen-bond donors (Lipinski definition) is 2. The minimum absolute atomic E-state index is 0.0415. The lowest BCUT2D eigenvalue weighted by atomic mass is 10.2. The van der Waals surface area contributed by atoms with Crippen LogP contribution in [0.5, 0.6) is 5.75 Å². The molecule has 1 heterocycles. The Morgan fingerprint density at radius 1 is 1.24 bits per heavy atom. The standard InChI is InChI=1S/C19H29N5O4S/c1-7-28-16-9-8-15(12-17(16)29(26,27)23(5)6)21-14(4)19(25)22-18-10-11-20-24(18)13(2)3/h8-14,21H,7H2,1-6H3,(H,22,25)/t14-/m0/s1. The maximum atomic E-state index is 12.6. The van der Waals surface area contributed by atoms with Gasteiger partial charge in [0.05, 0.1) is 12.8 Å². The highest BCUT2D eigenvalue weighted by Gasteiger charge is 2.24. The number of ether oxygens (including phenoxy) is 1. The van der Waals surface area contributed by atoms with Crippen LogP contribution in [0.2, 0.25) is 0 Å². The van der Waals surface area contributed by atoms with Gasteiger partial charge >= 0.3 is 0 Å². The third-order valence-electron chi connectivity index (χ3n) is 4.19. The minimum atomic E-state index is -3.71. The molecule has 2 aromatic rings. The van der Waals surface area contributed by atoms with Gasteiger partial charge in [0.15, 0.2) is 0 Å². The Bertz CT molecular complexity index is 953. The number of nitrogens with zero attached hydrogens (tertiary/aromatic N) is 3. The average molecular weight is 424 g/mol. The van der Waals surface area contributed by atoms with Gasteiger partial charge < -0.3 is 15.4 Å². The van der Waals surface area contributed by atoms with Gasteiger partial charge in [-0.2, -0.15) is 5.10 Å². The van der Waals surface area contributed by atoms with Crippen LogP contribution in [0.4, 0.5) is 11.5 Å². The fourth-order valence-corrected chi connectivity index (χ4v) is 3.70. The van der Waals surface area contributed by atoms with Gasteiger partial charge in [0.2, 0.25) is 15.9 Å². The highest BCUT2D eigenvalue weighted by atomic mass is 32.2. The summed E-state index contributed by atoms with van der Waals surface area (Å²) in [6, 6.07) is 5.96. The Balaban J connectivity index is 2.22. The van der Waals surface area contributed by atoms with Crippen molar-refractivity contribution >= 4 is 27.4 Å². The van der Waals surface area contributed by atoms with Crippen LogP contribution >= 0.6 is 0 Å². The molecule has 0 radical (unpaired) electrons. The smallest absolute Gasteiger partial charge is 0.247 e. The Morgan fingerprint density at radius 3 is 2.52 bits per heavy atom. The van der Waals surface area contributed by atoms with E-state index in [1.807, 2.05) is 13.8 Å². The largest absolute Gasteiger partial charge is 0.492 e. The number of amides is 1. The van der Waals surface area contributed by atoms with Crippen molar-refractivity contribution in [2.75, 3.05) is 31.3 Å². The molecule has 9 nitrogen and oxygen atoms in total. The first-order chi connectivity index (χ1) is 13.6. The van der Waals surface area contributed by atoms with E-state index in [-0.39, 0.29) is 22.6 Å². The summed E-state index contributed by atoms with van der Waals surface area (Å²) in [6.45, 7) is 7.76. The van der Waals surface area contributed by atoms with Crippen molar-refractivity contribution in [2.45, 2.75) is 44.7 Å². The summed E-state index contributed by atoms with van der Waals surface area (Å²) in [5.41, 5.74) is 0.494. The van der Waals surface area contributed by atoms with Gasteiger partial charge in [-0.3, -0.25) is 4.79 Å². The van der Waals surface area contributed by atoms with Crippen molar-refractivity contribution in [3.05, 3.63) is 30.5 Å². The predicted octanol–water partition coefficient (Wildman–Crippen LogP) is 2.55. The topological polar surface area (TPSA) is 106 Å². The van der Waals surface area contributed by atoms with Crippen molar-refractivity contribution < 1.29 is 17.9 Å². The second-order valence-electron chi connectivity index (χ2n) is 6.99. The Labute approximate surface area is 172 Å². The van der Waals surface area contributed by atoms with Crippen LogP contribution in [0.3, 0.4) is 0 Å². The van der Waals surface area contributed by atoms with Gasteiger partial charge in [-0.15, -0.1) is 0 Å². The van der Waals surface area contributed by atoms with Crippen LogP contribution in [-0.4, -0.2) is 55.2 Å². The minimum Gasteiger partial charge on any atom is -0.492 e. The molecule has 0 saturated heterocycles. The fourth-order valence-electron chi connectivity index (χ4n) is 2.65. The summed E-state index contributed by atoms with van der Waals surface area (Å²) < 4.78 is 33.6. The molecule has 0 aliphatic heterocycles. The first kappa shape index (κ1) is 22.7. The molecule has 29 heavy (non-hydrogen) atoms. The molecular formula is C19H29N5O4S. The van der Waals surface area contributed by atoms with E-state index >= 15 is 0 Å². The van der Waals surface area contributed by atoms with Crippen LogP contribution in [0.1, 0.15) is 33.7 Å². The molecule has 0 aliphatic rings. The number of nitrogens with one attached hydrogen (secondary N) is 2. The van der Waals surface area contributed by atoms with E-state index in [2.05, 4.69) is 15.7 Å². The lowest BCUT2D eigenvalue weighted by molar-refractivity contribution is -0.116. The van der Waals surface area contributed by atoms with Gasteiger partial charge in [-0.1, -0.05) is 0 Å². The Hall–Kier alpha value is -2.59. The van der Waals surface area contributed by atoms with E-state index in [4.69, 9.17) is 4.74 Å². The lowest BCUT2D eigenvalue weighted by Gasteiger charge is -2.19. The molecule has 1 atom stereocenters. The van der Waals surface area contributed by atoms with Crippen LogP contribution < -0.4 is 15.4 Å². The van der Waals surface area contributed by atoms with Crippen LogP contribution in [-0.2, 0) is 14.8 Å². The van der Waals surface area contributed by atoms with E-state index < -0.39 is 16.1 Å². The summed E-state index contributed by atoms with van der Waals surface area (Å²) in [6.07, 6.45) is 1.62. The number of carbonyl (C=O) groups is 1. The molecule has 0 unspecified atom stereocenters. The molecule has 0 aliphatic carbocycles. The normalized spacial score (nSPS) is 12.8. The SMILES string of the molecule is CCOc1ccc(N[C@@H](C)C(=O)Nc2ccnn2C(C)C)cc1S(=O)(=O)N(C)C. The highest BCUT2D eigenvalue weighted by Crippen LogP contribution is 2.29. The third kappa shape index (κ3) is 5.27. The fraction of sp³-hybridized carbons (Fsp3) is 0.474. The van der Waals surface area contributed by atoms with E-state index in [0.717, 1.165) is 4.31 Å². The predicted molar refractivity (Wildman–Crippen MR) is 113 cm³/mol. The maximum absolute atomic E-state index is 12.6. The van der Waals surface area contributed by atoms with Gasteiger partial charge in [-0.05, 0) is 45.9 Å². The monoisotopic (exact) mass is 423 g/mol. The van der Waals surface area contributed by atoms with E-state index in [0.29, 0.717) is 18.1 Å². The van der Waals surface area contributed by atoms with Gasteiger partial charge in [0.25, 0.3) is 0 Å². The van der Waals surface area contributed by atoms with E-state index in [1.165, 1.54) is 20.2 Å². The average Bonchev–Trinajstić information content (AvgIpc) is 3.11. The molecule has 0 saturated carbocycles. The van der Waals surface area contributed by atoms with Crippen molar-refractivity contribution in [1.82, 2.24) is 14.1 Å². The van der Waals surface area contributed by atoms with E-state index in [9.17, 15) is 13.2 Å². The molecule has 0 spiro atoms. The first-order valence-corrected chi connectivity index (χ1v) is 10.8. The zero-order valence-electron chi connectivity index (χ0n) is 17.6. The molecule has 2 N–H and O–H groups in total. The summed E-state index contributed by atoms with van der Waals surface area (Å²) >= 11 is 0. The number of benzene rings is 1. The first-order valence-electron chi connectivity index (χ1n) is 9.38. The van der Waals surface area contributed by atoms with Crippen molar-refractivity contribution in [1.29, 1.82) is 0 Å². The maximum Gasteiger partial charge on any atom is 0.247 e. The summed E-state index contributed by atoms with van der Waals surface area (Å²) in [5.74, 6) is 0.601. The Kier molecular flexibility index (Phi) is 7.26. The molecular weight excluding hydrogens is 394 g/mol. The second kappa shape index (κ2) is 9.27. The van der Waals surface area contributed by atoms with Crippen LogP contribution in [0.25, 0.3) is 0 Å². The summed E-state index contributed by atoms with van der Waals surface area (Å²) in [7, 11) is -0.793. The van der Waals surface area contributed by atoms with Crippen molar-refractivity contribution in [3.63, 3.8) is 0 Å². The number of anilines is 2. The molecule has 0 bridgehead atoms. The summed E-state index contributed by atoms with van der Waals surface area (Å²) in [4.78, 5) is 12.6. The molecule has 1 aromatic carbocycles. The number of aromatic nitrogens is 2. The molecule has 1 amide bonds. The van der Waals surface area contributed by atoms with Crippen molar-refractivity contribution in [3.8, 4) is 5.75 Å². The molecule has 2 rings (SSSR count). The van der Waals surface area contributed by atoms with Crippen LogP contribution in [0.15, 0.2) is 35.4 Å². The quantitative estimate of drug-likeness (QED) is 0.642. The third-order valence-corrected chi connectivity index (χ3v) is 6.03. The summed E-state index contributed by atoms with van der Waals surface area (Å²) in [5, 5.41) is 10.1. The number of carbonyl (C=O) groups excluding carboxylic acids is 1. The lowest BCUT2D eigenvalue weighted by Crippen LogP contribution is -2.33. The van der Waals surface area contributed by atoms with Crippen molar-refractivity contribution in [2.24, 2.45) is 0 Å². The zero-order valence-corrected chi connectivity index (χ0v) is 18.4.